The molecule has 1 aromatic carbocycles. The van der Waals surface area contributed by atoms with E-state index in [9.17, 15) is 5.11 Å². The zero-order chi connectivity index (χ0) is 14.2. The molecule has 0 unspecified atom stereocenters. The van der Waals surface area contributed by atoms with Gasteiger partial charge in [0.2, 0.25) is 0 Å². The number of aryl methyl sites for hydroxylation is 1. The summed E-state index contributed by atoms with van der Waals surface area (Å²) in [5.41, 5.74) is 0.0617. The van der Waals surface area contributed by atoms with E-state index in [-0.39, 0.29) is 5.92 Å². The maximum absolute atomic E-state index is 11.1. The van der Waals surface area contributed by atoms with Crippen molar-refractivity contribution in [3.8, 4) is 5.69 Å². The molecule has 1 aromatic heterocycles. The Morgan fingerprint density at radius 2 is 2.05 bits per heavy atom. The van der Waals surface area contributed by atoms with Crippen molar-refractivity contribution in [1.29, 1.82) is 0 Å². The van der Waals surface area contributed by atoms with Crippen molar-refractivity contribution in [3.05, 3.63) is 42.0 Å². The molecule has 106 valence electrons. The number of aromatic nitrogens is 3. The maximum Gasteiger partial charge on any atom is 0.170 e. The molecule has 0 bridgehead atoms. The van der Waals surface area contributed by atoms with Crippen molar-refractivity contribution < 1.29 is 5.11 Å². The molecule has 20 heavy (non-hydrogen) atoms. The molecule has 5 nitrogen and oxygen atoms in total. The van der Waals surface area contributed by atoms with Gasteiger partial charge in [-0.25, -0.2) is 0 Å². The van der Waals surface area contributed by atoms with Gasteiger partial charge in [0.1, 0.15) is 11.4 Å². The molecule has 0 aliphatic carbocycles. The molecule has 2 heterocycles. The van der Waals surface area contributed by atoms with Gasteiger partial charge < -0.3 is 10.4 Å². The quantitative estimate of drug-likeness (QED) is 0.867. The first-order valence-electron chi connectivity index (χ1n) is 7.04. The van der Waals surface area contributed by atoms with E-state index in [1.165, 1.54) is 0 Å². The second-order valence-corrected chi connectivity index (χ2v) is 5.52. The van der Waals surface area contributed by atoms with Crippen molar-refractivity contribution in [2.45, 2.75) is 25.9 Å². The highest BCUT2D eigenvalue weighted by Crippen LogP contribution is 2.35. The standard InChI is InChI=1S/C15H20N4O/c1-11-10-16-9-8-15(11,20)14-18-17-12(2)19(14)13-6-4-3-5-7-13/h3-7,11,16,20H,8-10H2,1-2H3/t11-,15-/m1/s1. The lowest BCUT2D eigenvalue weighted by atomic mass is 9.82. The molecular formula is C15H20N4O. The van der Waals surface area contributed by atoms with Crippen molar-refractivity contribution in [1.82, 2.24) is 20.1 Å². The van der Waals surface area contributed by atoms with E-state index < -0.39 is 5.60 Å². The Hall–Kier alpha value is -1.72. The summed E-state index contributed by atoms with van der Waals surface area (Å²) in [5, 5.41) is 22.9. The van der Waals surface area contributed by atoms with E-state index in [0.29, 0.717) is 12.2 Å². The van der Waals surface area contributed by atoms with E-state index in [1.54, 1.807) is 0 Å². The summed E-state index contributed by atoms with van der Waals surface area (Å²) in [6.45, 7) is 5.54. The number of rotatable bonds is 2. The van der Waals surface area contributed by atoms with Crippen LogP contribution in [-0.4, -0.2) is 33.0 Å². The number of hydrogen-bond donors (Lipinski definition) is 2. The molecule has 2 N–H and O–H groups in total. The van der Waals surface area contributed by atoms with E-state index in [1.807, 2.05) is 48.7 Å². The Morgan fingerprint density at radius 3 is 2.75 bits per heavy atom. The van der Waals surface area contributed by atoms with Crippen molar-refractivity contribution in [3.63, 3.8) is 0 Å². The van der Waals surface area contributed by atoms with Gasteiger partial charge in [-0.05, 0) is 32.0 Å². The topological polar surface area (TPSA) is 63.0 Å². The highest BCUT2D eigenvalue weighted by molar-refractivity contribution is 5.35. The SMILES string of the molecule is Cc1nnc([C@@]2(O)CCNC[C@H]2C)n1-c1ccccc1. The molecule has 2 aromatic rings. The third-order valence-electron chi connectivity index (χ3n) is 4.18. The summed E-state index contributed by atoms with van der Waals surface area (Å²) in [5.74, 6) is 1.54. The van der Waals surface area contributed by atoms with Crippen LogP contribution in [-0.2, 0) is 5.60 Å². The average Bonchev–Trinajstić information content (AvgIpc) is 2.86. The predicted octanol–water partition coefficient (Wildman–Crippen LogP) is 1.39. The van der Waals surface area contributed by atoms with Crippen LogP contribution in [0.3, 0.4) is 0 Å². The number of nitrogens with one attached hydrogen (secondary N) is 1. The Balaban J connectivity index is 2.11. The first-order chi connectivity index (χ1) is 9.63. The third-order valence-corrected chi connectivity index (χ3v) is 4.18. The van der Waals surface area contributed by atoms with Crippen molar-refractivity contribution >= 4 is 0 Å². The fourth-order valence-electron chi connectivity index (χ4n) is 2.87. The number of para-hydroxylation sites is 1. The highest BCUT2D eigenvalue weighted by atomic mass is 16.3. The number of piperidine rings is 1. The second kappa shape index (κ2) is 5.00. The summed E-state index contributed by atoms with van der Waals surface area (Å²) in [4.78, 5) is 0. The monoisotopic (exact) mass is 272 g/mol. The molecule has 0 amide bonds. The van der Waals surface area contributed by atoms with Gasteiger partial charge in [-0.1, -0.05) is 25.1 Å². The Bertz CT molecular complexity index is 595. The maximum atomic E-state index is 11.1. The van der Waals surface area contributed by atoms with E-state index in [2.05, 4.69) is 15.5 Å². The third kappa shape index (κ3) is 2.03. The zero-order valence-electron chi connectivity index (χ0n) is 11.9. The fourth-order valence-corrected chi connectivity index (χ4v) is 2.87. The van der Waals surface area contributed by atoms with Crippen LogP contribution in [0.25, 0.3) is 5.69 Å². The van der Waals surface area contributed by atoms with Crippen LogP contribution in [0.5, 0.6) is 0 Å². The number of nitrogens with zero attached hydrogens (tertiary/aromatic N) is 3. The number of hydrogen-bond acceptors (Lipinski definition) is 4. The Kier molecular flexibility index (Phi) is 3.31. The van der Waals surface area contributed by atoms with E-state index in [0.717, 1.165) is 24.6 Å². The minimum absolute atomic E-state index is 0.0994. The number of benzene rings is 1. The largest absolute Gasteiger partial charge is 0.381 e. The van der Waals surface area contributed by atoms with Crippen LogP contribution < -0.4 is 5.32 Å². The van der Waals surface area contributed by atoms with Gasteiger partial charge in [0.15, 0.2) is 5.82 Å². The minimum atomic E-state index is -0.928. The summed E-state index contributed by atoms with van der Waals surface area (Å²) >= 11 is 0. The predicted molar refractivity (Wildman–Crippen MR) is 76.6 cm³/mol. The van der Waals surface area contributed by atoms with Crippen molar-refractivity contribution in [2.24, 2.45) is 5.92 Å². The molecule has 5 heteroatoms. The smallest absolute Gasteiger partial charge is 0.170 e. The van der Waals surface area contributed by atoms with E-state index in [4.69, 9.17) is 0 Å². The molecule has 3 rings (SSSR count). The second-order valence-electron chi connectivity index (χ2n) is 5.52. The molecule has 2 atom stereocenters. The summed E-state index contributed by atoms with van der Waals surface area (Å²) in [6.07, 6.45) is 0.652. The van der Waals surface area contributed by atoms with Gasteiger partial charge >= 0.3 is 0 Å². The molecular weight excluding hydrogens is 252 g/mol. The van der Waals surface area contributed by atoms with E-state index >= 15 is 0 Å². The lowest BCUT2D eigenvalue weighted by molar-refractivity contribution is -0.0483. The van der Waals surface area contributed by atoms with Gasteiger partial charge in [-0.15, -0.1) is 10.2 Å². The van der Waals surface area contributed by atoms with Gasteiger partial charge in [0.05, 0.1) is 0 Å². The Labute approximate surface area is 118 Å². The average molecular weight is 272 g/mol. The van der Waals surface area contributed by atoms with Gasteiger partial charge in [0.25, 0.3) is 0 Å². The number of aliphatic hydroxyl groups is 1. The summed E-state index contributed by atoms with van der Waals surface area (Å²) < 4.78 is 1.96. The van der Waals surface area contributed by atoms with Crippen LogP contribution in [0, 0.1) is 12.8 Å². The first kappa shape index (κ1) is 13.3. The highest BCUT2D eigenvalue weighted by Gasteiger charge is 2.42. The van der Waals surface area contributed by atoms with Crippen LogP contribution in [0.1, 0.15) is 25.0 Å². The molecule has 1 saturated heterocycles. The summed E-state index contributed by atoms with van der Waals surface area (Å²) in [6, 6.07) is 9.96. The molecule has 0 radical (unpaired) electrons. The minimum Gasteiger partial charge on any atom is -0.381 e. The zero-order valence-corrected chi connectivity index (χ0v) is 11.9. The van der Waals surface area contributed by atoms with Crippen LogP contribution in [0.4, 0.5) is 0 Å². The van der Waals surface area contributed by atoms with Crippen LogP contribution in [0.2, 0.25) is 0 Å². The molecule has 1 aliphatic heterocycles. The summed E-state index contributed by atoms with van der Waals surface area (Å²) in [7, 11) is 0. The van der Waals surface area contributed by atoms with Crippen molar-refractivity contribution in [2.75, 3.05) is 13.1 Å². The molecule has 1 aliphatic rings. The lowest BCUT2D eigenvalue weighted by Gasteiger charge is -2.37. The molecule has 1 fully saturated rings. The van der Waals surface area contributed by atoms with Crippen LogP contribution in [0.15, 0.2) is 30.3 Å². The molecule has 0 spiro atoms. The van der Waals surface area contributed by atoms with Crippen LogP contribution >= 0.6 is 0 Å². The van der Waals surface area contributed by atoms with Gasteiger partial charge in [-0.3, -0.25) is 4.57 Å². The van der Waals surface area contributed by atoms with Gasteiger partial charge in [0, 0.05) is 18.2 Å². The first-order valence-corrected chi connectivity index (χ1v) is 7.04. The fraction of sp³-hybridized carbons (Fsp3) is 0.467. The normalized spacial score (nSPS) is 26.6. The lowest BCUT2D eigenvalue weighted by Crippen LogP contribution is -2.48. The Morgan fingerprint density at radius 1 is 1.30 bits per heavy atom. The van der Waals surface area contributed by atoms with Gasteiger partial charge in [-0.2, -0.15) is 0 Å². The molecule has 0 saturated carbocycles.